The van der Waals surface area contributed by atoms with Crippen molar-refractivity contribution in [1.82, 2.24) is 10.2 Å². The first kappa shape index (κ1) is 15.8. The fourth-order valence-electron chi connectivity index (χ4n) is 3.50. The summed E-state index contributed by atoms with van der Waals surface area (Å²) in [6.45, 7) is 10.4. The minimum atomic E-state index is 0.0150. The molecule has 2 fully saturated rings. The van der Waals surface area contributed by atoms with Crippen LogP contribution in [0.3, 0.4) is 0 Å². The normalized spacial score (nSPS) is 34.5. The number of nitrogens with one attached hydrogen (secondary N) is 1. The topological polar surface area (TPSA) is 41.6 Å². The molecule has 0 aliphatic carbocycles. The van der Waals surface area contributed by atoms with Gasteiger partial charge >= 0.3 is 0 Å². The van der Waals surface area contributed by atoms with Crippen molar-refractivity contribution in [3.63, 3.8) is 0 Å². The van der Waals surface area contributed by atoms with Gasteiger partial charge in [-0.15, -0.1) is 0 Å². The van der Waals surface area contributed by atoms with E-state index in [1.54, 1.807) is 0 Å². The van der Waals surface area contributed by atoms with Crippen molar-refractivity contribution in [1.29, 1.82) is 0 Å². The number of amides is 1. The highest BCUT2D eigenvalue weighted by Gasteiger charge is 2.40. The van der Waals surface area contributed by atoms with Gasteiger partial charge in [0.15, 0.2) is 0 Å². The molecule has 1 amide bonds. The molecule has 1 N–H and O–H groups in total. The van der Waals surface area contributed by atoms with Gasteiger partial charge in [-0.1, -0.05) is 27.7 Å². The maximum Gasteiger partial charge on any atom is 0.241 e. The summed E-state index contributed by atoms with van der Waals surface area (Å²) in [6, 6.07) is 0.0150. The van der Waals surface area contributed by atoms with Crippen LogP contribution in [0, 0.1) is 11.8 Å². The van der Waals surface area contributed by atoms with Crippen molar-refractivity contribution in [2.45, 2.75) is 71.7 Å². The maximum atomic E-state index is 12.5. The summed E-state index contributed by atoms with van der Waals surface area (Å²) in [5.74, 6) is 1.40. The Balaban J connectivity index is 2.03. The van der Waals surface area contributed by atoms with Gasteiger partial charge in [0, 0.05) is 19.1 Å². The zero-order valence-corrected chi connectivity index (χ0v) is 13.4. The van der Waals surface area contributed by atoms with E-state index in [1.165, 1.54) is 0 Å². The molecule has 0 bridgehead atoms. The van der Waals surface area contributed by atoms with Crippen LogP contribution in [-0.4, -0.2) is 42.3 Å². The smallest absolute Gasteiger partial charge is 0.241 e. The second-order valence-electron chi connectivity index (χ2n) is 6.63. The molecule has 0 saturated carbocycles. The molecule has 2 saturated heterocycles. The Bertz CT molecular complexity index is 332. The van der Waals surface area contributed by atoms with E-state index < -0.39 is 0 Å². The molecule has 20 heavy (non-hydrogen) atoms. The number of hydrogen-bond donors (Lipinski definition) is 1. The van der Waals surface area contributed by atoms with E-state index in [0.29, 0.717) is 23.8 Å². The number of hydrogen-bond acceptors (Lipinski definition) is 3. The first-order valence-electron chi connectivity index (χ1n) is 8.24. The van der Waals surface area contributed by atoms with Crippen LogP contribution in [0.25, 0.3) is 0 Å². The van der Waals surface area contributed by atoms with E-state index in [2.05, 4.69) is 37.9 Å². The van der Waals surface area contributed by atoms with Gasteiger partial charge in [-0.25, -0.2) is 0 Å². The third-order valence-electron chi connectivity index (χ3n) is 4.63. The Morgan fingerprint density at radius 2 is 2.10 bits per heavy atom. The monoisotopic (exact) mass is 282 g/mol. The lowest BCUT2D eigenvalue weighted by molar-refractivity contribution is -0.131. The SMILES string of the molecule is CCC1NC(CC(C)C)N(CC2CCOC2CC)C1=O. The van der Waals surface area contributed by atoms with Crippen LogP contribution < -0.4 is 5.32 Å². The molecule has 0 aromatic heterocycles. The first-order valence-corrected chi connectivity index (χ1v) is 8.24. The third kappa shape index (κ3) is 3.34. The van der Waals surface area contributed by atoms with Crippen molar-refractivity contribution in [2.24, 2.45) is 11.8 Å². The summed E-state index contributed by atoms with van der Waals surface area (Å²) in [4.78, 5) is 14.6. The Hall–Kier alpha value is -0.610. The summed E-state index contributed by atoms with van der Waals surface area (Å²) < 4.78 is 5.77. The van der Waals surface area contributed by atoms with Gasteiger partial charge in [0.25, 0.3) is 0 Å². The Morgan fingerprint density at radius 1 is 1.35 bits per heavy atom. The van der Waals surface area contributed by atoms with Gasteiger partial charge in [-0.05, 0) is 31.6 Å². The van der Waals surface area contributed by atoms with E-state index in [9.17, 15) is 4.79 Å². The molecule has 116 valence electrons. The van der Waals surface area contributed by atoms with Crippen LogP contribution in [-0.2, 0) is 9.53 Å². The molecule has 4 atom stereocenters. The van der Waals surface area contributed by atoms with E-state index in [0.717, 1.165) is 38.8 Å². The van der Waals surface area contributed by atoms with Crippen LogP contribution >= 0.6 is 0 Å². The molecule has 4 nitrogen and oxygen atoms in total. The second kappa shape index (κ2) is 6.90. The lowest BCUT2D eigenvalue weighted by Crippen LogP contribution is -2.42. The van der Waals surface area contributed by atoms with Crippen molar-refractivity contribution >= 4 is 5.91 Å². The van der Waals surface area contributed by atoms with Crippen molar-refractivity contribution in [2.75, 3.05) is 13.2 Å². The zero-order valence-electron chi connectivity index (χ0n) is 13.4. The van der Waals surface area contributed by atoms with Gasteiger partial charge in [-0.2, -0.15) is 0 Å². The highest BCUT2D eigenvalue weighted by Crippen LogP contribution is 2.28. The highest BCUT2D eigenvalue weighted by atomic mass is 16.5. The summed E-state index contributed by atoms with van der Waals surface area (Å²) >= 11 is 0. The molecule has 2 aliphatic rings. The fourth-order valence-corrected chi connectivity index (χ4v) is 3.50. The molecular formula is C16H30N2O2. The van der Waals surface area contributed by atoms with Crippen LogP contribution in [0.2, 0.25) is 0 Å². The van der Waals surface area contributed by atoms with Gasteiger partial charge in [0.2, 0.25) is 5.91 Å². The lowest BCUT2D eigenvalue weighted by atomic mass is 9.98. The van der Waals surface area contributed by atoms with Gasteiger partial charge in [-0.3, -0.25) is 10.1 Å². The molecule has 4 unspecified atom stereocenters. The Morgan fingerprint density at radius 3 is 2.70 bits per heavy atom. The molecule has 2 rings (SSSR count). The third-order valence-corrected chi connectivity index (χ3v) is 4.63. The summed E-state index contributed by atoms with van der Waals surface area (Å²) in [5.41, 5.74) is 0. The molecular weight excluding hydrogens is 252 g/mol. The molecule has 4 heteroatoms. The van der Waals surface area contributed by atoms with E-state index in [-0.39, 0.29) is 12.2 Å². The number of nitrogens with zero attached hydrogens (tertiary/aromatic N) is 1. The summed E-state index contributed by atoms with van der Waals surface area (Å²) in [7, 11) is 0. The van der Waals surface area contributed by atoms with Gasteiger partial charge in [0.1, 0.15) is 0 Å². The zero-order chi connectivity index (χ0) is 14.7. The van der Waals surface area contributed by atoms with Crippen LogP contribution in [0.15, 0.2) is 0 Å². The number of ether oxygens (including phenoxy) is 1. The van der Waals surface area contributed by atoms with Crippen molar-refractivity contribution < 1.29 is 9.53 Å². The average Bonchev–Trinajstić information content (AvgIpc) is 2.97. The minimum absolute atomic E-state index is 0.0150. The molecule has 0 spiro atoms. The molecule has 2 heterocycles. The lowest BCUT2D eigenvalue weighted by Gasteiger charge is -2.29. The minimum Gasteiger partial charge on any atom is -0.378 e. The predicted octanol–water partition coefficient (Wildman–Crippen LogP) is 2.38. The van der Waals surface area contributed by atoms with Crippen LogP contribution in [0.4, 0.5) is 0 Å². The number of rotatable bonds is 6. The van der Waals surface area contributed by atoms with E-state index in [1.807, 2.05) is 0 Å². The van der Waals surface area contributed by atoms with Crippen molar-refractivity contribution in [3.05, 3.63) is 0 Å². The Kier molecular flexibility index (Phi) is 5.44. The quantitative estimate of drug-likeness (QED) is 0.813. The van der Waals surface area contributed by atoms with E-state index >= 15 is 0 Å². The van der Waals surface area contributed by atoms with Gasteiger partial charge in [0.05, 0.1) is 18.3 Å². The van der Waals surface area contributed by atoms with Crippen molar-refractivity contribution in [3.8, 4) is 0 Å². The molecule has 0 radical (unpaired) electrons. The molecule has 2 aliphatic heterocycles. The first-order chi connectivity index (χ1) is 9.56. The number of carbonyl (C=O) groups excluding carboxylic acids is 1. The summed E-state index contributed by atoms with van der Waals surface area (Å²) in [6.07, 6.45) is 4.60. The molecule has 0 aromatic carbocycles. The fraction of sp³-hybridized carbons (Fsp3) is 0.938. The van der Waals surface area contributed by atoms with Gasteiger partial charge < -0.3 is 9.64 Å². The second-order valence-corrected chi connectivity index (χ2v) is 6.63. The maximum absolute atomic E-state index is 12.5. The summed E-state index contributed by atoms with van der Waals surface area (Å²) in [5, 5.41) is 3.51. The number of carbonyl (C=O) groups is 1. The molecule has 0 aromatic rings. The highest BCUT2D eigenvalue weighted by molar-refractivity contribution is 5.84. The largest absolute Gasteiger partial charge is 0.378 e. The predicted molar refractivity (Wildman–Crippen MR) is 80.3 cm³/mol. The van der Waals surface area contributed by atoms with E-state index in [4.69, 9.17) is 4.74 Å². The van der Waals surface area contributed by atoms with Crippen LogP contribution in [0.5, 0.6) is 0 Å². The Labute approximate surface area is 123 Å². The van der Waals surface area contributed by atoms with Crippen LogP contribution in [0.1, 0.15) is 53.4 Å². The average molecular weight is 282 g/mol. The standard InChI is InChI=1S/C16H30N2O2/c1-5-13-16(19)18(15(17-13)9-11(3)4)10-12-7-8-20-14(12)6-2/h11-15,17H,5-10H2,1-4H3.